The highest BCUT2D eigenvalue weighted by Gasteiger charge is 2.21. The summed E-state index contributed by atoms with van der Waals surface area (Å²) in [5, 5.41) is 3.27. The predicted molar refractivity (Wildman–Crippen MR) is 67.0 cm³/mol. The van der Waals surface area contributed by atoms with Crippen LogP contribution in [0.3, 0.4) is 0 Å². The smallest absolute Gasteiger partial charge is 0.253 e. The Bertz CT molecular complexity index is 383. The fraction of sp³-hybridized carbons (Fsp3) is 0.417. The zero-order chi connectivity index (χ0) is 11.5. The van der Waals surface area contributed by atoms with Crippen molar-refractivity contribution in [2.24, 2.45) is 0 Å². The molecule has 0 unspecified atom stereocenters. The number of nitrogens with zero attached hydrogens (tertiary/aromatic N) is 1. The summed E-state index contributed by atoms with van der Waals surface area (Å²) in [6, 6.07) is 6.02. The third-order valence-corrected chi connectivity index (χ3v) is 2.75. The van der Waals surface area contributed by atoms with Crippen LogP contribution in [0.2, 0.25) is 0 Å². The number of amides is 1. The Balaban J connectivity index is 0.00000144. The van der Waals surface area contributed by atoms with Crippen molar-refractivity contribution >= 4 is 18.3 Å². The Labute approximate surface area is 106 Å². The average Bonchev–Trinajstić information content (AvgIpc) is 2.29. The number of hydrogen-bond donors (Lipinski definition) is 1. The van der Waals surface area contributed by atoms with Crippen molar-refractivity contribution in [3.05, 3.63) is 35.6 Å². The van der Waals surface area contributed by atoms with E-state index < -0.39 is 0 Å². The van der Waals surface area contributed by atoms with Crippen molar-refractivity contribution in [2.75, 3.05) is 19.6 Å². The minimum absolute atomic E-state index is 0. The highest BCUT2D eigenvalue weighted by molar-refractivity contribution is 5.94. The molecule has 1 aromatic rings. The lowest BCUT2D eigenvalue weighted by molar-refractivity contribution is 0.0709. The molecule has 1 aliphatic heterocycles. The Morgan fingerprint density at radius 2 is 2.06 bits per heavy atom. The van der Waals surface area contributed by atoms with Gasteiger partial charge in [-0.05, 0) is 31.2 Å². The molecule has 1 aromatic carbocycles. The van der Waals surface area contributed by atoms with Gasteiger partial charge in [-0.2, -0.15) is 0 Å². The van der Waals surface area contributed by atoms with Gasteiger partial charge in [0.15, 0.2) is 0 Å². The van der Waals surface area contributed by atoms with Crippen molar-refractivity contribution in [1.82, 2.24) is 10.2 Å². The SMILES string of the molecule is C[C@@H]1CN(C(=O)c2ccc(F)cc2)CCN1.Cl. The maximum Gasteiger partial charge on any atom is 0.253 e. The topological polar surface area (TPSA) is 32.3 Å². The average molecular weight is 259 g/mol. The van der Waals surface area contributed by atoms with Gasteiger partial charge in [0, 0.05) is 31.2 Å². The van der Waals surface area contributed by atoms with E-state index in [1.165, 1.54) is 24.3 Å². The lowest BCUT2D eigenvalue weighted by atomic mass is 10.1. The van der Waals surface area contributed by atoms with Gasteiger partial charge >= 0.3 is 0 Å². The van der Waals surface area contributed by atoms with E-state index in [0.29, 0.717) is 24.7 Å². The Morgan fingerprint density at radius 3 is 2.65 bits per heavy atom. The Morgan fingerprint density at radius 1 is 1.41 bits per heavy atom. The standard InChI is InChI=1S/C12H15FN2O.ClH/c1-9-8-15(7-6-14-9)12(16)10-2-4-11(13)5-3-10;/h2-5,9,14H,6-8H2,1H3;1H/t9-;/m1./s1. The van der Waals surface area contributed by atoms with Crippen LogP contribution in [-0.2, 0) is 0 Å². The molecule has 0 bridgehead atoms. The van der Waals surface area contributed by atoms with E-state index in [0.717, 1.165) is 6.54 Å². The third-order valence-electron chi connectivity index (χ3n) is 2.75. The lowest BCUT2D eigenvalue weighted by Gasteiger charge is -2.31. The molecule has 0 radical (unpaired) electrons. The van der Waals surface area contributed by atoms with Crippen LogP contribution in [0, 0.1) is 5.82 Å². The molecule has 2 rings (SSSR count). The molecular weight excluding hydrogens is 243 g/mol. The zero-order valence-electron chi connectivity index (χ0n) is 9.65. The summed E-state index contributed by atoms with van der Waals surface area (Å²) in [7, 11) is 0. The van der Waals surface area contributed by atoms with Crippen molar-refractivity contribution in [2.45, 2.75) is 13.0 Å². The van der Waals surface area contributed by atoms with E-state index in [4.69, 9.17) is 0 Å². The number of carbonyl (C=O) groups excluding carboxylic acids is 1. The van der Waals surface area contributed by atoms with E-state index in [1.54, 1.807) is 4.90 Å². The summed E-state index contributed by atoms with van der Waals surface area (Å²) < 4.78 is 12.7. The molecule has 1 saturated heterocycles. The van der Waals surface area contributed by atoms with Gasteiger partial charge in [0.25, 0.3) is 5.91 Å². The predicted octanol–water partition coefficient (Wildman–Crippen LogP) is 1.68. The maximum atomic E-state index is 12.7. The first-order valence-corrected chi connectivity index (χ1v) is 5.45. The number of hydrogen-bond acceptors (Lipinski definition) is 2. The van der Waals surface area contributed by atoms with Crippen LogP contribution in [0.5, 0.6) is 0 Å². The molecule has 94 valence electrons. The highest BCUT2D eigenvalue weighted by atomic mass is 35.5. The van der Waals surface area contributed by atoms with Crippen molar-refractivity contribution in [3.63, 3.8) is 0 Å². The molecule has 0 spiro atoms. The molecule has 1 amide bonds. The quantitative estimate of drug-likeness (QED) is 0.831. The van der Waals surface area contributed by atoms with Gasteiger partial charge in [0.1, 0.15) is 5.82 Å². The van der Waals surface area contributed by atoms with E-state index in [-0.39, 0.29) is 24.1 Å². The van der Waals surface area contributed by atoms with Crippen LogP contribution >= 0.6 is 12.4 Å². The van der Waals surface area contributed by atoms with E-state index in [1.807, 2.05) is 6.92 Å². The second-order valence-corrected chi connectivity index (χ2v) is 4.11. The van der Waals surface area contributed by atoms with Crippen molar-refractivity contribution in [3.8, 4) is 0 Å². The van der Waals surface area contributed by atoms with Crippen LogP contribution in [-0.4, -0.2) is 36.5 Å². The van der Waals surface area contributed by atoms with Gasteiger partial charge < -0.3 is 10.2 Å². The summed E-state index contributed by atoms with van der Waals surface area (Å²) in [5.74, 6) is -0.335. The second kappa shape index (κ2) is 5.98. The normalized spacial score (nSPS) is 19.6. The van der Waals surface area contributed by atoms with E-state index in [9.17, 15) is 9.18 Å². The molecule has 0 aliphatic carbocycles. The summed E-state index contributed by atoms with van der Waals surface area (Å²) in [4.78, 5) is 13.8. The number of halogens is 2. The van der Waals surface area contributed by atoms with Crippen LogP contribution in [0.1, 0.15) is 17.3 Å². The number of rotatable bonds is 1. The first-order valence-electron chi connectivity index (χ1n) is 5.45. The van der Waals surface area contributed by atoms with Crippen LogP contribution in [0.15, 0.2) is 24.3 Å². The molecule has 0 saturated carbocycles. The molecule has 1 heterocycles. The molecular formula is C12H16ClFN2O. The second-order valence-electron chi connectivity index (χ2n) is 4.11. The molecule has 3 nitrogen and oxygen atoms in total. The third kappa shape index (κ3) is 3.41. The molecule has 1 atom stereocenters. The number of piperazine rings is 1. The molecule has 1 aliphatic rings. The lowest BCUT2D eigenvalue weighted by Crippen LogP contribution is -2.51. The minimum atomic E-state index is -0.315. The highest BCUT2D eigenvalue weighted by Crippen LogP contribution is 2.09. The van der Waals surface area contributed by atoms with E-state index in [2.05, 4.69) is 5.32 Å². The Hall–Kier alpha value is -1.13. The van der Waals surface area contributed by atoms with E-state index >= 15 is 0 Å². The van der Waals surface area contributed by atoms with Crippen molar-refractivity contribution < 1.29 is 9.18 Å². The summed E-state index contributed by atoms with van der Waals surface area (Å²) in [5.41, 5.74) is 0.551. The van der Waals surface area contributed by atoms with Gasteiger partial charge in [-0.25, -0.2) is 4.39 Å². The van der Waals surface area contributed by atoms with Gasteiger partial charge in [-0.3, -0.25) is 4.79 Å². The van der Waals surface area contributed by atoms with Gasteiger partial charge in [0.05, 0.1) is 0 Å². The first-order chi connectivity index (χ1) is 7.66. The molecule has 1 fully saturated rings. The summed E-state index contributed by atoms with van der Waals surface area (Å²) in [6.07, 6.45) is 0. The molecule has 1 N–H and O–H groups in total. The van der Waals surface area contributed by atoms with Crippen LogP contribution in [0.25, 0.3) is 0 Å². The minimum Gasteiger partial charge on any atom is -0.336 e. The number of nitrogens with one attached hydrogen (secondary N) is 1. The fourth-order valence-corrected chi connectivity index (χ4v) is 1.89. The van der Waals surface area contributed by atoms with Crippen LogP contribution < -0.4 is 5.32 Å². The number of benzene rings is 1. The summed E-state index contributed by atoms with van der Waals surface area (Å²) in [6.45, 7) is 4.27. The Kier molecular flexibility index (Phi) is 4.90. The fourth-order valence-electron chi connectivity index (χ4n) is 1.89. The molecule has 0 aromatic heterocycles. The monoisotopic (exact) mass is 258 g/mol. The maximum absolute atomic E-state index is 12.7. The van der Waals surface area contributed by atoms with Gasteiger partial charge in [0.2, 0.25) is 0 Å². The summed E-state index contributed by atoms with van der Waals surface area (Å²) >= 11 is 0. The molecule has 5 heteroatoms. The van der Waals surface area contributed by atoms with Gasteiger partial charge in [-0.1, -0.05) is 0 Å². The largest absolute Gasteiger partial charge is 0.336 e. The van der Waals surface area contributed by atoms with Crippen molar-refractivity contribution in [1.29, 1.82) is 0 Å². The first kappa shape index (κ1) is 13.9. The zero-order valence-corrected chi connectivity index (χ0v) is 10.5. The van der Waals surface area contributed by atoms with Crippen LogP contribution in [0.4, 0.5) is 4.39 Å². The molecule has 17 heavy (non-hydrogen) atoms. The van der Waals surface area contributed by atoms with Gasteiger partial charge in [-0.15, -0.1) is 12.4 Å². The number of carbonyl (C=O) groups is 1.